The number of methoxy groups -OCH3 is 1. The molecule has 0 aliphatic rings. The van der Waals surface area contributed by atoms with Crippen LogP contribution in [0.15, 0.2) is 18.2 Å². The molecule has 0 atom stereocenters. The molecule has 2 N–H and O–H groups in total. The SMILES string of the molecule is COCCCOc1cc(N)ccc1C(C)=O. The number of nitrogen functional groups attached to an aromatic ring is 1. The van der Waals surface area contributed by atoms with Crippen molar-refractivity contribution in [3.05, 3.63) is 23.8 Å². The quantitative estimate of drug-likeness (QED) is 0.454. The Kier molecular flexibility index (Phi) is 4.79. The van der Waals surface area contributed by atoms with Crippen molar-refractivity contribution in [1.29, 1.82) is 0 Å². The van der Waals surface area contributed by atoms with E-state index < -0.39 is 0 Å². The molecule has 1 rings (SSSR count). The monoisotopic (exact) mass is 223 g/mol. The number of carbonyl (C=O) groups excluding carboxylic acids is 1. The predicted octanol–water partition coefficient (Wildman–Crippen LogP) is 1.89. The van der Waals surface area contributed by atoms with Gasteiger partial charge in [0.05, 0.1) is 12.2 Å². The van der Waals surface area contributed by atoms with Crippen LogP contribution in [0, 0.1) is 0 Å². The highest BCUT2D eigenvalue weighted by molar-refractivity contribution is 5.97. The van der Waals surface area contributed by atoms with Crippen molar-refractivity contribution < 1.29 is 14.3 Å². The first-order valence-corrected chi connectivity index (χ1v) is 5.17. The Morgan fingerprint density at radius 2 is 2.12 bits per heavy atom. The number of rotatable bonds is 6. The summed E-state index contributed by atoms with van der Waals surface area (Å²) in [7, 11) is 1.64. The van der Waals surface area contributed by atoms with Crippen molar-refractivity contribution in [2.24, 2.45) is 0 Å². The van der Waals surface area contributed by atoms with Gasteiger partial charge < -0.3 is 15.2 Å². The lowest BCUT2D eigenvalue weighted by molar-refractivity contribution is 0.101. The maximum Gasteiger partial charge on any atom is 0.163 e. The molecule has 0 radical (unpaired) electrons. The van der Waals surface area contributed by atoms with Gasteiger partial charge in [0, 0.05) is 31.9 Å². The molecule has 0 saturated carbocycles. The van der Waals surface area contributed by atoms with Crippen LogP contribution in [0.3, 0.4) is 0 Å². The lowest BCUT2D eigenvalue weighted by atomic mass is 10.1. The lowest BCUT2D eigenvalue weighted by Crippen LogP contribution is -2.05. The van der Waals surface area contributed by atoms with E-state index in [2.05, 4.69) is 0 Å². The first-order chi connectivity index (χ1) is 7.65. The van der Waals surface area contributed by atoms with Crippen LogP contribution in [0.2, 0.25) is 0 Å². The molecule has 0 aliphatic heterocycles. The summed E-state index contributed by atoms with van der Waals surface area (Å²) in [4.78, 5) is 11.3. The summed E-state index contributed by atoms with van der Waals surface area (Å²) in [5.41, 5.74) is 6.79. The molecule has 4 nitrogen and oxygen atoms in total. The number of carbonyl (C=O) groups is 1. The summed E-state index contributed by atoms with van der Waals surface area (Å²) in [6, 6.07) is 5.05. The zero-order valence-corrected chi connectivity index (χ0v) is 9.66. The van der Waals surface area contributed by atoms with Crippen molar-refractivity contribution >= 4 is 11.5 Å². The summed E-state index contributed by atoms with van der Waals surface area (Å²) in [6.07, 6.45) is 0.780. The number of benzene rings is 1. The highest BCUT2D eigenvalue weighted by Gasteiger charge is 2.08. The van der Waals surface area contributed by atoms with Crippen molar-refractivity contribution in [3.8, 4) is 5.75 Å². The molecular weight excluding hydrogens is 206 g/mol. The van der Waals surface area contributed by atoms with E-state index in [0.29, 0.717) is 30.2 Å². The molecule has 0 fully saturated rings. The summed E-state index contributed by atoms with van der Waals surface area (Å²) in [5, 5.41) is 0. The van der Waals surface area contributed by atoms with Crippen LogP contribution in [-0.4, -0.2) is 26.1 Å². The van der Waals surface area contributed by atoms with E-state index in [4.69, 9.17) is 15.2 Å². The van der Waals surface area contributed by atoms with Gasteiger partial charge in [0.2, 0.25) is 0 Å². The topological polar surface area (TPSA) is 61.6 Å². The highest BCUT2D eigenvalue weighted by Crippen LogP contribution is 2.22. The predicted molar refractivity (Wildman–Crippen MR) is 62.8 cm³/mol. The van der Waals surface area contributed by atoms with Crippen LogP contribution < -0.4 is 10.5 Å². The van der Waals surface area contributed by atoms with Crippen LogP contribution in [0.1, 0.15) is 23.7 Å². The Balaban J connectivity index is 2.68. The van der Waals surface area contributed by atoms with Gasteiger partial charge in [-0.1, -0.05) is 0 Å². The van der Waals surface area contributed by atoms with E-state index in [-0.39, 0.29) is 5.78 Å². The van der Waals surface area contributed by atoms with E-state index in [1.165, 1.54) is 6.92 Å². The van der Waals surface area contributed by atoms with Gasteiger partial charge in [0.1, 0.15) is 5.75 Å². The average molecular weight is 223 g/mol. The Labute approximate surface area is 95.3 Å². The Morgan fingerprint density at radius 3 is 2.75 bits per heavy atom. The minimum Gasteiger partial charge on any atom is -0.493 e. The van der Waals surface area contributed by atoms with E-state index in [0.717, 1.165) is 6.42 Å². The summed E-state index contributed by atoms with van der Waals surface area (Å²) in [6.45, 7) is 2.66. The molecule has 0 heterocycles. The third-order valence-corrected chi connectivity index (χ3v) is 2.14. The molecule has 4 heteroatoms. The second-order valence-electron chi connectivity index (χ2n) is 3.51. The minimum atomic E-state index is -0.0262. The van der Waals surface area contributed by atoms with Crippen LogP contribution in [0.4, 0.5) is 5.69 Å². The Morgan fingerprint density at radius 1 is 1.38 bits per heavy atom. The van der Waals surface area contributed by atoms with E-state index >= 15 is 0 Å². The molecule has 0 bridgehead atoms. The fraction of sp³-hybridized carbons (Fsp3) is 0.417. The number of anilines is 1. The molecule has 0 amide bonds. The van der Waals surface area contributed by atoms with Crippen molar-refractivity contribution in [3.63, 3.8) is 0 Å². The van der Waals surface area contributed by atoms with Crippen LogP contribution in [0.5, 0.6) is 5.75 Å². The normalized spacial score (nSPS) is 10.1. The highest BCUT2D eigenvalue weighted by atomic mass is 16.5. The number of ether oxygens (including phenoxy) is 2. The molecule has 88 valence electrons. The molecule has 0 aromatic heterocycles. The maximum atomic E-state index is 11.3. The van der Waals surface area contributed by atoms with E-state index in [9.17, 15) is 4.79 Å². The Hall–Kier alpha value is -1.55. The lowest BCUT2D eigenvalue weighted by Gasteiger charge is -2.10. The zero-order valence-electron chi connectivity index (χ0n) is 9.66. The van der Waals surface area contributed by atoms with Crippen LogP contribution in [-0.2, 0) is 4.74 Å². The average Bonchev–Trinajstić information content (AvgIpc) is 2.24. The van der Waals surface area contributed by atoms with Gasteiger partial charge in [-0.3, -0.25) is 4.79 Å². The summed E-state index contributed by atoms with van der Waals surface area (Å²) in [5.74, 6) is 0.519. The first-order valence-electron chi connectivity index (χ1n) is 5.17. The van der Waals surface area contributed by atoms with Crippen molar-refractivity contribution in [2.75, 3.05) is 26.1 Å². The smallest absolute Gasteiger partial charge is 0.163 e. The molecule has 1 aromatic carbocycles. The van der Waals surface area contributed by atoms with Gasteiger partial charge in [-0.15, -0.1) is 0 Å². The molecule has 0 spiro atoms. The van der Waals surface area contributed by atoms with Crippen LogP contribution in [0.25, 0.3) is 0 Å². The Bertz CT molecular complexity index is 363. The zero-order chi connectivity index (χ0) is 12.0. The van der Waals surface area contributed by atoms with Gasteiger partial charge >= 0.3 is 0 Å². The van der Waals surface area contributed by atoms with Gasteiger partial charge in [-0.05, 0) is 19.1 Å². The number of nitrogens with two attached hydrogens (primary N) is 1. The van der Waals surface area contributed by atoms with Gasteiger partial charge in [-0.2, -0.15) is 0 Å². The number of hydrogen-bond acceptors (Lipinski definition) is 4. The van der Waals surface area contributed by atoms with Gasteiger partial charge in [-0.25, -0.2) is 0 Å². The second-order valence-corrected chi connectivity index (χ2v) is 3.51. The summed E-state index contributed by atoms with van der Waals surface area (Å²) < 4.78 is 10.4. The maximum absolute atomic E-state index is 11.3. The number of Topliss-reactive ketones (excluding diaryl/α,β-unsaturated/α-hetero) is 1. The molecule has 0 unspecified atom stereocenters. The third-order valence-electron chi connectivity index (χ3n) is 2.14. The molecule has 0 aliphatic carbocycles. The second kappa shape index (κ2) is 6.12. The third kappa shape index (κ3) is 3.55. The standard InChI is InChI=1S/C12H17NO3/c1-9(14)11-5-4-10(13)8-12(11)16-7-3-6-15-2/h4-5,8H,3,6-7,13H2,1-2H3. The van der Waals surface area contributed by atoms with Crippen molar-refractivity contribution in [1.82, 2.24) is 0 Å². The van der Waals surface area contributed by atoms with E-state index in [1.807, 2.05) is 0 Å². The van der Waals surface area contributed by atoms with Gasteiger partial charge in [0.25, 0.3) is 0 Å². The molecular formula is C12H17NO3. The summed E-state index contributed by atoms with van der Waals surface area (Å²) >= 11 is 0. The molecule has 16 heavy (non-hydrogen) atoms. The number of hydrogen-bond donors (Lipinski definition) is 1. The molecule has 0 saturated heterocycles. The fourth-order valence-electron chi connectivity index (χ4n) is 1.33. The molecule has 1 aromatic rings. The first kappa shape index (κ1) is 12.5. The fourth-order valence-corrected chi connectivity index (χ4v) is 1.33. The van der Waals surface area contributed by atoms with E-state index in [1.54, 1.807) is 25.3 Å². The minimum absolute atomic E-state index is 0.0262. The van der Waals surface area contributed by atoms with Gasteiger partial charge in [0.15, 0.2) is 5.78 Å². The largest absolute Gasteiger partial charge is 0.493 e. The number of ketones is 1. The van der Waals surface area contributed by atoms with Crippen molar-refractivity contribution in [2.45, 2.75) is 13.3 Å². The van der Waals surface area contributed by atoms with Crippen LogP contribution >= 0.6 is 0 Å².